The van der Waals surface area contributed by atoms with Gasteiger partial charge in [-0.2, -0.15) is 0 Å². The SMILES string of the molecule is CCCCCCCCCCCCOc1ccc(OC(=O)[C@@]23CC[C@@](C)(C(=O)O2)C3(C)C)c2c1cc(OCCCCCCCCCCCC)c1ccc3c(OCCCCCCCCCCCC)c(OCCCCCCCCCCCC)c4ccc5c(OCCCCCCCCCCCC)cc6c(OCCCCCCCCCCCC)ccc(OC(=O)[C@@]78CC[C@@](C)(C(=O)O7)C8(C)C)c6c5c4c3c12. The summed E-state index contributed by atoms with van der Waals surface area (Å²) in [7, 11) is 0. The van der Waals surface area contributed by atoms with Crippen molar-refractivity contribution in [3.8, 4) is 46.0 Å². The van der Waals surface area contributed by atoms with Gasteiger partial charge in [0.1, 0.15) is 34.5 Å². The largest absolute Gasteiger partial charge is 0.493 e. The van der Waals surface area contributed by atoms with Crippen LogP contribution in [-0.2, 0) is 28.7 Å². The topological polar surface area (TPSA) is 161 Å². The molecule has 0 amide bonds. The Morgan fingerprint density at radius 1 is 0.235 bits per heavy atom. The number of ether oxygens (including phenoxy) is 10. The highest BCUT2D eigenvalue weighted by Gasteiger charge is 2.78. The van der Waals surface area contributed by atoms with Gasteiger partial charge in [0.2, 0.25) is 11.2 Å². The van der Waals surface area contributed by atoms with E-state index in [4.69, 9.17) is 47.4 Å². The van der Waals surface area contributed by atoms with Crippen LogP contribution in [0.1, 0.15) is 494 Å². The minimum Gasteiger partial charge on any atom is -0.493 e. The van der Waals surface area contributed by atoms with Crippen LogP contribution in [0.15, 0.2) is 60.7 Å². The molecule has 2 aliphatic carbocycles. The van der Waals surface area contributed by atoms with Crippen molar-refractivity contribution < 1.29 is 66.5 Å². The Kier molecular flexibility index (Phi) is 45.3. The van der Waals surface area contributed by atoms with Crippen LogP contribution in [0, 0.1) is 21.7 Å². The molecule has 14 nitrogen and oxygen atoms in total. The molecule has 4 aliphatic rings. The van der Waals surface area contributed by atoms with Gasteiger partial charge in [0.15, 0.2) is 11.5 Å². The molecule has 2 heterocycles. The molecule has 14 heteroatoms. The first-order valence-electron chi connectivity index (χ1n) is 56.9. The molecule has 2 saturated carbocycles. The molecule has 7 aromatic rings. The van der Waals surface area contributed by atoms with E-state index in [2.05, 4.69) is 77.9 Å². The molecule has 7 aromatic carbocycles. The number of esters is 4. The zero-order valence-corrected chi connectivity index (χ0v) is 88.0. The van der Waals surface area contributed by atoms with Gasteiger partial charge in [0, 0.05) is 75.5 Å². The smallest absolute Gasteiger partial charge is 0.356 e. The van der Waals surface area contributed by atoms with Crippen molar-refractivity contribution in [3.05, 3.63) is 60.7 Å². The molecule has 2 aliphatic heterocycles. The van der Waals surface area contributed by atoms with Crippen molar-refractivity contribution >= 4 is 88.5 Å². The average molecular weight is 1880 g/mol. The highest BCUT2D eigenvalue weighted by Crippen LogP contribution is 2.68. The van der Waals surface area contributed by atoms with E-state index in [1.165, 1.54) is 270 Å². The minimum atomic E-state index is -1.59. The number of carbonyl (C=O) groups excluding carboxylic acids is 4. The Morgan fingerprint density at radius 3 is 0.669 bits per heavy atom. The van der Waals surface area contributed by atoms with E-state index in [0.717, 1.165) is 159 Å². The third kappa shape index (κ3) is 27.4. The molecule has 136 heavy (non-hydrogen) atoms. The van der Waals surface area contributed by atoms with Gasteiger partial charge in [-0.3, -0.25) is 9.59 Å². The fourth-order valence-electron chi connectivity index (χ4n) is 23.0. The van der Waals surface area contributed by atoms with E-state index in [-0.39, 0.29) is 23.4 Å². The third-order valence-electron chi connectivity index (χ3n) is 33.0. The van der Waals surface area contributed by atoms with Crippen LogP contribution in [0.2, 0.25) is 0 Å². The van der Waals surface area contributed by atoms with Gasteiger partial charge >= 0.3 is 23.9 Å². The van der Waals surface area contributed by atoms with E-state index in [1.54, 1.807) is 0 Å². The fourth-order valence-corrected chi connectivity index (χ4v) is 23.0. The predicted octanol–water partition coefficient (Wildman–Crippen LogP) is 36.5. The number of fused-ring (bicyclic) bond motifs is 15. The second kappa shape index (κ2) is 56.4. The van der Waals surface area contributed by atoms with E-state index in [1.807, 2.05) is 65.8 Å². The van der Waals surface area contributed by atoms with Crippen LogP contribution < -0.4 is 37.9 Å². The summed E-state index contributed by atoms with van der Waals surface area (Å²) in [6.45, 7) is 28.2. The Morgan fingerprint density at radius 2 is 0.441 bits per heavy atom. The highest BCUT2D eigenvalue weighted by molar-refractivity contribution is 6.39. The summed E-state index contributed by atoms with van der Waals surface area (Å²) in [5.41, 5.74) is -6.86. The molecule has 0 aromatic heterocycles. The number of carbonyl (C=O) groups is 4. The van der Waals surface area contributed by atoms with Crippen molar-refractivity contribution in [1.82, 2.24) is 0 Å². The molecule has 0 radical (unpaired) electrons. The maximum absolute atomic E-state index is 16.3. The quantitative estimate of drug-likeness (QED) is 0.0153. The summed E-state index contributed by atoms with van der Waals surface area (Å²) >= 11 is 0. The normalized spacial score (nSPS) is 18.6. The van der Waals surface area contributed by atoms with E-state index in [0.29, 0.717) is 121 Å². The molecule has 0 N–H and O–H groups in total. The van der Waals surface area contributed by atoms with E-state index < -0.39 is 44.8 Å². The minimum absolute atomic E-state index is 0.286. The molecule has 11 rings (SSSR count). The van der Waals surface area contributed by atoms with Crippen molar-refractivity contribution in [2.45, 2.75) is 505 Å². The molecule has 0 spiro atoms. The Hall–Kier alpha value is -7.22. The van der Waals surface area contributed by atoms with Gasteiger partial charge in [-0.05, 0) is 139 Å². The summed E-state index contributed by atoms with van der Waals surface area (Å²) in [6, 6.07) is 20.9. The maximum atomic E-state index is 16.3. The number of benzene rings is 7. The van der Waals surface area contributed by atoms with Crippen LogP contribution in [0.3, 0.4) is 0 Å². The molecule has 4 atom stereocenters. The lowest BCUT2D eigenvalue weighted by atomic mass is 9.66. The molecule has 4 bridgehead atoms. The Balaban J connectivity index is 1.20. The number of hydrogen-bond donors (Lipinski definition) is 0. The molecule has 758 valence electrons. The highest BCUT2D eigenvalue weighted by atomic mass is 16.6. The zero-order valence-electron chi connectivity index (χ0n) is 88.0. The van der Waals surface area contributed by atoms with Crippen molar-refractivity contribution in [1.29, 1.82) is 0 Å². The first-order chi connectivity index (χ1) is 66.3. The number of hydrogen-bond acceptors (Lipinski definition) is 14. The average Bonchev–Trinajstić information content (AvgIpc) is 1.53. The Labute approximate surface area is 823 Å². The van der Waals surface area contributed by atoms with Gasteiger partial charge in [-0.15, -0.1) is 0 Å². The van der Waals surface area contributed by atoms with Gasteiger partial charge in [-0.1, -0.05) is 416 Å². The maximum Gasteiger partial charge on any atom is 0.356 e. The van der Waals surface area contributed by atoms with Crippen LogP contribution in [-0.4, -0.2) is 74.7 Å². The second-order valence-electron chi connectivity index (χ2n) is 43.5. The van der Waals surface area contributed by atoms with Crippen LogP contribution in [0.25, 0.3) is 64.6 Å². The molecule has 2 saturated heterocycles. The zero-order chi connectivity index (χ0) is 96.5. The van der Waals surface area contributed by atoms with Crippen LogP contribution in [0.4, 0.5) is 0 Å². The summed E-state index contributed by atoms with van der Waals surface area (Å²) < 4.78 is 72.5. The van der Waals surface area contributed by atoms with Crippen molar-refractivity contribution in [2.75, 3.05) is 39.6 Å². The van der Waals surface area contributed by atoms with Crippen LogP contribution in [0.5, 0.6) is 46.0 Å². The summed E-state index contributed by atoms with van der Waals surface area (Å²) in [5, 5.41) is 8.79. The Bertz CT molecular complexity index is 4520. The fraction of sp³-hybridized carbons (Fsp3) is 0.721. The van der Waals surface area contributed by atoms with Gasteiger partial charge in [0.25, 0.3) is 0 Å². The van der Waals surface area contributed by atoms with Gasteiger partial charge < -0.3 is 47.4 Å². The first kappa shape index (κ1) is 109. The van der Waals surface area contributed by atoms with Gasteiger partial charge in [0.05, 0.1) is 50.5 Å². The van der Waals surface area contributed by atoms with E-state index >= 15 is 9.59 Å². The lowest BCUT2D eigenvalue weighted by molar-refractivity contribution is -0.176. The lowest BCUT2D eigenvalue weighted by Crippen LogP contribution is -2.50. The molecule has 4 fully saturated rings. The molecular weight excluding hydrogens is 1690 g/mol. The summed E-state index contributed by atoms with van der Waals surface area (Å²) in [5.74, 6) is 2.36. The summed E-state index contributed by atoms with van der Waals surface area (Å²) in [4.78, 5) is 61.4. The standard InChI is InChI=1S/C122H186O14/c1-13-19-25-31-37-43-49-55-61-67-85-127-99-77-79-101(133-115(125)121-83-81-119(11,113(123)135-121)117(121,7)8)105-97(99)91-103(129-87-69-63-57-51-45-39-33-27-21-15-3)93-73-75-95-109(107(93)105)110-96(112(132-90-72-66-60-54-48-42-36-30-24-18-6)111(95)131-89-71-65-59-53-47-41-35-29-23-17-5)76-74-94-104(130-88-70-64-58-52-46-40-34-28-22-16-4)92-98-100(128-86-68-62-56-50-44-38-32-26-20-14-2)78-80-102(106(98)108(94)110)134-116(126)122-84-82-120(12,114(124)136-122)118(122,9)10/h73-80,91-92H,13-72,81-90H2,1-12H3/t119-,120-,121+,122+/m0/s1. The number of rotatable bonds is 76. The number of unbranched alkanes of at least 4 members (excludes halogenated alkanes) is 54. The lowest BCUT2D eigenvalue weighted by Gasteiger charge is -2.34. The second-order valence-corrected chi connectivity index (χ2v) is 43.5. The van der Waals surface area contributed by atoms with Crippen molar-refractivity contribution in [2.24, 2.45) is 21.7 Å². The third-order valence-corrected chi connectivity index (χ3v) is 33.0. The van der Waals surface area contributed by atoms with Crippen LogP contribution >= 0.6 is 0 Å². The predicted molar refractivity (Wildman–Crippen MR) is 567 cm³/mol. The molecule has 0 unspecified atom stereocenters. The van der Waals surface area contributed by atoms with Crippen molar-refractivity contribution in [3.63, 3.8) is 0 Å². The van der Waals surface area contributed by atoms with Gasteiger partial charge in [-0.25, -0.2) is 9.59 Å². The summed E-state index contributed by atoms with van der Waals surface area (Å²) in [6.07, 6.45) is 72.2. The molecular formula is C122H186O14. The first-order valence-corrected chi connectivity index (χ1v) is 56.9. The monoisotopic (exact) mass is 1880 g/mol. The van der Waals surface area contributed by atoms with E-state index in [9.17, 15) is 9.59 Å².